The molecule has 0 spiro atoms. The summed E-state index contributed by atoms with van der Waals surface area (Å²) in [5, 5.41) is 3.66. The van der Waals surface area contributed by atoms with Gasteiger partial charge in [0.05, 0.1) is 16.9 Å². The zero-order valence-corrected chi connectivity index (χ0v) is 18.2. The summed E-state index contributed by atoms with van der Waals surface area (Å²) in [6, 6.07) is 22.7. The maximum atomic E-state index is 12.8. The topological polar surface area (TPSA) is 55.4 Å². The Morgan fingerprint density at radius 3 is 2.00 bits per heavy atom. The second-order valence-electron chi connectivity index (χ2n) is 7.93. The largest absolute Gasteiger partial charge is 0.497 e. The summed E-state index contributed by atoms with van der Waals surface area (Å²) in [7, 11) is -1.81. The van der Waals surface area contributed by atoms with E-state index in [1.165, 1.54) is 18.4 Å². The minimum atomic E-state index is -3.49. The maximum absolute atomic E-state index is 12.8. The zero-order chi connectivity index (χ0) is 21.1. The van der Waals surface area contributed by atoms with Crippen LogP contribution >= 0.6 is 0 Å². The highest BCUT2D eigenvalue weighted by Crippen LogP contribution is 2.41. The van der Waals surface area contributed by atoms with E-state index in [0.29, 0.717) is 28.3 Å². The highest BCUT2D eigenvalue weighted by atomic mass is 32.2. The van der Waals surface area contributed by atoms with Crippen LogP contribution in [0.5, 0.6) is 5.75 Å². The van der Waals surface area contributed by atoms with Gasteiger partial charge in [-0.05, 0) is 73.2 Å². The summed E-state index contributed by atoms with van der Waals surface area (Å²) in [6.45, 7) is 2.64. The molecule has 1 aliphatic carbocycles. The average molecular weight is 422 g/mol. The molecular weight excluding hydrogens is 394 g/mol. The second kappa shape index (κ2) is 8.62. The van der Waals surface area contributed by atoms with E-state index in [1.807, 2.05) is 43.3 Å². The van der Waals surface area contributed by atoms with E-state index < -0.39 is 9.84 Å². The van der Waals surface area contributed by atoms with E-state index in [4.69, 9.17) is 4.74 Å². The van der Waals surface area contributed by atoms with E-state index in [9.17, 15) is 8.42 Å². The van der Waals surface area contributed by atoms with Crippen LogP contribution < -0.4 is 10.1 Å². The summed E-state index contributed by atoms with van der Waals surface area (Å²) in [6.07, 6.45) is 2.47. The lowest BCUT2D eigenvalue weighted by Gasteiger charge is -2.19. The summed E-state index contributed by atoms with van der Waals surface area (Å²) >= 11 is 0. The molecule has 30 heavy (non-hydrogen) atoms. The minimum absolute atomic E-state index is 0.298. The molecule has 0 aromatic heterocycles. The van der Waals surface area contributed by atoms with Crippen LogP contribution in [0.15, 0.2) is 82.6 Å². The minimum Gasteiger partial charge on any atom is -0.497 e. The number of aryl methyl sites for hydroxylation is 1. The van der Waals surface area contributed by atoms with Crippen LogP contribution in [0.3, 0.4) is 0 Å². The van der Waals surface area contributed by atoms with Crippen molar-refractivity contribution in [3.8, 4) is 5.75 Å². The first kappa shape index (κ1) is 20.6. The fraction of sp³-hybridized carbons (Fsp3) is 0.280. The average Bonchev–Trinajstić information content (AvgIpc) is 3.60. The molecule has 1 N–H and O–H groups in total. The molecule has 0 amide bonds. The third kappa shape index (κ3) is 4.58. The molecule has 0 heterocycles. The summed E-state index contributed by atoms with van der Waals surface area (Å²) in [4.78, 5) is 0.649. The van der Waals surface area contributed by atoms with Crippen molar-refractivity contribution in [2.75, 3.05) is 7.11 Å². The molecule has 1 atom stereocenters. The van der Waals surface area contributed by atoms with Gasteiger partial charge in [-0.15, -0.1) is 0 Å². The number of hydrogen-bond donors (Lipinski definition) is 1. The number of ether oxygens (including phenoxy) is 1. The van der Waals surface area contributed by atoms with Gasteiger partial charge >= 0.3 is 0 Å². The van der Waals surface area contributed by atoms with Crippen molar-refractivity contribution < 1.29 is 13.2 Å². The Hall–Kier alpha value is -2.63. The third-order valence-corrected chi connectivity index (χ3v) is 7.44. The Labute approximate surface area is 178 Å². The molecule has 0 aliphatic heterocycles. The van der Waals surface area contributed by atoms with E-state index in [0.717, 1.165) is 16.9 Å². The molecule has 0 bridgehead atoms. The van der Waals surface area contributed by atoms with Crippen LogP contribution in [-0.4, -0.2) is 15.5 Å². The van der Waals surface area contributed by atoms with Crippen LogP contribution in [0.1, 0.15) is 35.6 Å². The van der Waals surface area contributed by atoms with Crippen LogP contribution in [0.2, 0.25) is 0 Å². The highest BCUT2D eigenvalue weighted by Gasteiger charge is 2.32. The predicted octanol–water partition coefficient (Wildman–Crippen LogP) is 5.08. The number of hydrogen-bond acceptors (Lipinski definition) is 4. The number of benzene rings is 3. The van der Waals surface area contributed by atoms with Crippen LogP contribution in [0, 0.1) is 12.8 Å². The van der Waals surface area contributed by atoms with E-state index in [1.54, 1.807) is 31.4 Å². The fourth-order valence-corrected chi connectivity index (χ4v) is 4.93. The fourth-order valence-electron chi connectivity index (χ4n) is 3.67. The Bertz CT molecular complexity index is 1080. The first-order valence-electron chi connectivity index (χ1n) is 10.3. The van der Waals surface area contributed by atoms with Gasteiger partial charge in [0.2, 0.25) is 9.84 Å². The maximum Gasteiger partial charge on any atom is 0.206 e. The van der Waals surface area contributed by atoms with E-state index in [2.05, 4.69) is 17.4 Å². The number of sulfone groups is 1. The highest BCUT2D eigenvalue weighted by molar-refractivity contribution is 7.91. The standard InChI is InChI=1S/C25H27NO3S/c1-18-3-13-23(14-4-18)30(27,28)24-15-5-19(6-16-24)17-26-25(20-7-8-20)21-9-11-22(29-2)12-10-21/h3-6,9-16,20,25-26H,7-8,17H2,1-2H3. The van der Waals surface area contributed by atoms with Crippen LogP contribution in [0.4, 0.5) is 0 Å². The number of rotatable bonds is 8. The van der Waals surface area contributed by atoms with E-state index in [-0.39, 0.29) is 0 Å². The lowest BCUT2D eigenvalue weighted by atomic mass is 10.0. The summed E-state index contributed by atoms with van der Waals surface area (Å²) < 4.78 is 30.9. The van der Waals surface area contributed by atoms with Gasteiger partial charge in [0, 0.05) is 12.6 Å². The normalized spacial score (nSPS) is 15.0. The first-order valence-corrected chi connectivity index (χ1v) is 11.7. The second-order valence-corrected chi connectivity index (χ2v) is 9.88. The summed E-state index contributed by atoms with van der Waals surface area (Å²) in [5.41, 5.74) is 3.37. The monoisotopic (exact) mass is 421 g/mol. The molecule has 5 heteroatoms. The van der Waals surface area contributed by atoms with Gasteiger partial charge in [-0.25, -0.2) is 8.42 Å². The van der Waals surface area contributed by atoms with Crippen molar-refractivity contribution in [3.05, 3.63) is 89.5 Å². The molecule has 1 saturated carbocycles. The van der Waals surface area contributed by atoms with Gasteiger partial charge in [0.1, 0.15) is 5.75 Å². The molecule has 3 aromatic rings. The molecule has 3 aromatic carbocycles. The molecule has 1 unspecified atom stereocenters. The zero-order valence-electron chi connectivity index (χ0n) is 17.3. The lowest BCUT2D eigenvalue weighted by Crippen LogP contribution is -2.22. The van der Waals surface area contributed by atoms with E-state index >= 15 is 0 Å². The van der Waals surface area contributed by atoms with Crippen molar-refractivity contribution in [2.24, 2.45) is 5.92 Å². The predicted molar refractivity (Wildman–Crippen MR) is 118 cm³/mol. The van der Waals surface area contributed by atoms with Gasteiger partial charge in [-0.1, -0.05) is 42.0 Å². The molecular formula is C25H27NO3S. The molecule has 0 radical (unpaired) electrons. The van der Waals surface area contributed by atoms with Gasteiger partial charge in [0.15, 0.2) is 0 Å². The van der Waals surface area contributed by atoms with Crippen LogP contribution in [-0.2, 0) is 16.4 Å². The molecule has 156 valence electrons. The Morgan fingerprint density at radius 1 is 0.900 bits per heavy atom. The van der Waals surface area contributed by atoms with Gasteiger partial charge in [-0.2, -0.15) is 0 Å². The quantitative estimate of drug-likeness (QED) is 0.551. The Morgan fingerprint density at radius 2 is 1.47 bits per heavy atom. The Kier molecular flexibility index (Phi) is 5.93. The SMILES string of the molecule is COc1ccc(C(NCc2ccc(S(=O)(=O)c3ccc(C)cc3)cc2)C2CC2)cc1. The van der Waals surface area contributed by atoms with Crippen molar-refractivity contribution in [1.29, 1.82) is 0 Å². The molecule has 1 aliphatic rings. The van der Waals surface area contributed by atoms with Crippen molar-refractivity contribution >= 4 is 9.84 Å². The lowest BCUT2D eigenvalue weighted by molar-refractivity contribution is 0.413. The Balaban J connectivity index is 1.45. The van der Waals surface area contributed by atoms with Crippen molar-refractivity contribution in [1.82, 2.24) is 5.32 Å². The number of methoxy groups -OCH3 is 1. The molecule has 1 fully saturated rings. The van der Waals surface area contributed by atoms with Crippen molar-refractivity contribution in [3.63, 3.8) is 0 Å². The molecule has 4 nitrogen and oxygen atoms in total. The van der Waals surface area contributed by atoms with Gasteiger partial charge in [-0.3, -0.25) is 0 Å². The molecule has 4 rings (SSSR count). The van der Waals surface area contributed by atoms with Gasteiger partial charge < -0.3 is 10.1 Å². The van der Waals surface area contributed by atoms with Crippen molar-refractivity contribution in [2.45, 2.75) is 42.1 Å². The number of nitrogens with one attached hydrogen (secondary N) is 1. The smallest absolute Gasteiger partial charge is 0.206 e. The summed E-state index contributed by atoms with van der Waals surface area (Å²) in [5.74, 6) is 1.51. The van der Waals surface area contributed by atoms with Crippen LogP contribution in [0.25, 0.3) is 0 Å². The van der Waals surface area contributed by atoms with Gasteiger partial charge in [0.25, 0.3) is 0 Å². The molecule has 0 saturated heterocycles. The third-order valence-electron chi connectivity index (χ3n) is 5.66. The first-order chi connectivity index (χ1) is 14.5.